The maximum absolute atomic E-state index is 14.4. The summed E-state index contributed by atoms with van der Waals surface area (Å²) in [6.07, 6.45) is 3.39. The molecular formula is C25H24F2N4O. The third-order valence-electron chi connectivity index (χ3n) is 7.45. The fourth-order valence-electron chi connectivity index (χ4n) is 5.81. The average Bonchev–Trinajstić information content (AvgIpc) is 3.14. The monoisotopic (exact) mass is 434 g/mol. The zero-order chi connectivity index (χ0) is 22.8. The highest BCUT2D eigenvalue weighted by Gasteiger charge is 2.65. The fraction of sp³-hybridized carbons (Fsp3) is 0.360. The third kappa shape index (κ3) is 2.60. The number of carbonyl (C=O) groups excluding carboxylic acids is 1. The Hall–Kier alpha value is -3.22. The number of benzene rings is 1. The van der Waals surface area contributed by atoms with Gasteiger partial charge in [-0.15, -0.1) is 5.10 Å². The van der Waals surface area contributed by atoms with Crippen LogP contribution in [0.2, 0.25) is 0 Å². The van der Waals surface area contributed by atoms with E-state index < -0.39 is 17.0 Å². The Morgan fingerprint density at radius 2 is 1.81 bits per heavy atom. The SMILES string of the molecule is CN(C)C(=O)c1ccnc([C@@]23CC[C@@H](c4cc(-c5c(F)cccc5F)nnc42)C3(C)C)c1. The van der Waals surface area contributed by atoms with Gasteiger partial charge in [0.05, 0.1) is 28.1 Å². The van der Waals surface area contributed by atoms with Crippen LogP contribution >= 0.6 is 0 Å². The molecule has 2 bridgehead atoms. The number of halogens is 2. The number of fused-ring (bicyclic) bond motifs is 5. The first-order chi connectivity index (χ1) is 15.2. The highest BCUT2D eigenvalue weighted by Crippen LogP contribution is 2.69. The Kier molecular flexibility index (Phi) is 4.45. The lowest BCUT2D eigenvalue weighted by Gasteiger charge is -2.37. The van der Waals surface area contributed by atoms with Crippen LogP contribution < -0.4 is 0 Å². The molecule has 0 spiro atoms. The number of rotatable bonds is 3. The zero-order valence-corrected chi connectivity index (χ0v) is 18.5. The van der Waals surface area contributed by atoms with Crippen molar-refractivity contribution in [2.75, 3.05) is 14.1 Å². The molecular weight excluding hydrogens is 410 g/mol. The number of aromatic nitrogens is 3. The number of hydrogen-bond acceptors (Lipinski definition) is 4. The molecule has 0 saturated heterocycles. The van der Waals surface area contributed by atoms with Crippen molar-refractivity contribution in [3.05, 3.63) is 76.7 Å². The van der Waals surface area contributed by atoms with E-state index in [1.807, 2.05) is 6.07 Å². The molecule has 164 valence electrons. The van der Waals surface area contributed by atoms with Crippen LogP contribution in [0.5, 0.6) is 0 Å². The van der Waals surface area contributed by atoms with E-state index in [0.717, 1.165) is 29.8 Å². The van der Waals surface area contributed by atoms with E-state index in [0.29, 0.717) is 5.56 Å². The molecule has 3 aromatic rings. The quantitative estimate of drug-likeness (QED) is 0.598. The number of amides is 1. The Bertz CT molecular complexity index is 1240. The lowest BCUT2D eigenvalue weighted by molar-refractivity contribution is 0.0827. The van der Waals surface area contributed by atoms with Gasteiger partial charge < -0.3 is 4.90 Å². The van der Waals surface area contributed by atoms with Crippen molar-refractivity contribution in [3.63, 3.8) is 0 Å². The van der Waals surface area contributed by atoms with Gasteiger partial charge in [0.1, 0.15) is 11.6 Å². The third-order valence-corrected chi connectivity index (χ3v) is 7.45. The second-order valence-electron chi connectivity index (χ2n) is 9.48. The molecule has 5 nitrogen and oxygen atoms in total. The van der Waals surface area contributed by atoms with Gasteiger partial charge in [0.2, 0.25) is 0 Å². The molecule has 5 rings (SSSR count). The predicted molar refractivity (Wildman–Crippen MR) is 116 cm³/mol. The first-order valence-electron chi connectivity index (χ1n) is 10.7. The Morgan fingerprint density at radius 1 is 1.09 bits per heavy atom. The molecule has 1 aromatic carbocycles. The van der Waals surface area contributed by atoms with Crippen molar-refractivity contribution in [1.82, 2.24) is 20.1 Å². The van der Waals surface area contributed by atoms with Crippen LogP contribution in [0, 0.1) is 17.0 Å². The minimum Gasteiger partial charge on any atom is -0.345 e. The van der Waals surface area contributed by atoms with Gasteiger partial charge in [0, 0.05) is 25.9 Å². The molecule has 0 radical (unpaired) electrons. The molecule has 7 heteroatoms. The summed E-state index contributed by atoms with van der Waals surface area (Å²) >= 11 is 0. The number of carbonyl (C=O) groups is 1. The normalized spacial score (nSPS) is 22.6. The second kappa shape index (κ2) is 6.89. The zero-order valence-electron chi connectivity index (χ0n) is 18.5. The van der Waals surface area contributed by atoms with Gasteiger partial charge in [0.15, 0.2) is 0 Å². The van der Waals surface area contributed by atoms with Crippen LogP contribution in [-0.2, 0) is 5.41 Å². The van der Waals surface area contributed by atoms with Gasteiger partial charge in [-0.3, -0.25) is 9.78 Å². The predicted octanol–water partition coefficient (Wildman–Crippen LogP) is 4.72. The molecule has 0 N–H and O–H groups in total. The van der Waals surface area contributed by atoms with E-state index in [4.69, 9.17) is 0 Å². The van der Waals surface area contributed by atoms with Crippen molar-refractivity contribution < 1.29 is 13.6 Å². The highest BCUT2D eigenvalue weighted by atomic mass is 19.1. The summed E-state index contributed by atoms with van der Waals surface area (Å²) in [6, 6.07) is 9.14. The minimum absolute atomic E-state index is 0.0907. The first-order valence-corrected chi connectivity index (χ1v) is 10.7. The lowest BCUT2D eigenvalue weighted by Crippen LogP contribution is -2.38. The van der Waals surface area contributed by atoms with E-state index >= 15 is 0 Å². The molecule has 2 atom stereocenters. The average molecular weight is 434 g/mol. The Labute approximate surface area is 185 Å². The van der Waals surface area contributed by atoms with Crippen molar-refractivity contribution in [2.45, 2.75) is 38.0 Å². The summed E-state index contributed by atoms with van der Waals surface area (Å²) in [7, 11) is 3.44. The van der Waals surface area contributed by atoms with Crippen molar-refractivity contribution in [1.29, 1.82) is 0 Å². The van der Waals surface area contributed by atoms with Gasteiger partial charge in [0.25, 0.3) is 5.91 Å². The highest BCUT2D eigenvalue weighted by molar-refractivity contribution is 5.94. The van der Waals surface area contributed by atoms with Crippen LogP contribution in [-0.4, -0.2) is 40.1 Å². The van der Waals surface area contributed by atoms with E-state index in [9.17, 15) is 13.6 Å². The fourth-order valence-corrected chi connectivity index (χ4v) is 5.81. The van der Waals surface area contributed by atoms with Crippen molar-refractivity contribution in [2.24, 2.45) is 5.41 Å². The molecule has 32 heavy (non-hydrogen) atoms. The molecule has 1 amide bonds. The number of pyridine rings is 1. The van der Waals surface area contributed by atoms with Gasteiger partial charge in [-0.2, -0.15) is 5.10 Å². The van der Waals surface area contributed by atoms with Crippen molar-refractivity contribution >= 4 is 5.91 Å². The first kappa shape index (κ1) is 20.7. The van der Waals surface area contributed by atoms with Crippen LogP contribution in [0.4, 0.5) is 8.78 Å². The number of hydrogen-bond donors (Lipinski definition) is 0. The van der Waals surface area contributed by atoms with Gasteiger partial charge in [-0.05, 0) is 60.1 Å². The lowest BCUT2D eigenvalue weighted by atomic mass is 9.66. The summed E-state index contributed by atoms with van der Waals surface area (Å²) in [5.74, 6) is -1.26. The standard InChI is InChI=1S/C25H24F2N4O/c1-24(2)16-8-10-25(24,20-12-14(9-11-28-20)23(32)31(3)4)22-15(16)13-19(29-30-22)21-17(26)6-5-7-18(21)27/h5-7,9,11-13,16H,8,10H2,1-4H3/t16-,25-/m0/s1. The van der Waals surface area contributed by atoms with Crippen LogP contribution in [0.3, 0.4) is 0 Å². The van der Waals surface area contributed by atoms with E-state index in [1.165, 1.54) is 23.1 Å². The topological polar surface area (TPSA) is 59.0 Å². The summed E-state index contributed by atoms with van der Waals surface area (Å²) < 4.78 is 28.8. The van der Waals surface area contributed by atoms with Crippen LogP contribution in [0.1, 0.15) is 59.9 Å². The van der Waals surface area contributed by atoms with Crippen molar-refractivity contribution in [3.8, 4) is 11.3 Å². The van der Waals surface area contributed by atoms with E-state index in [1.54, 1.807) is 32.4 Å². The molecule has 2 aliphatic carbocycles. The summed E-state index contributed by atoms with van der Waals surface area (Å²) in [6.45, 7) is 4.36. The van der Waals surface area contributed by atoms with E-state index in [-0.39, 0.29) is 28.5 Å². The Balaban J connectivity index is 1.69. The molecule has 2 heterocycles. The maximum atomic E-state index is 14.4. The summed E-state index contributed by atoms with van der Waals surface area (Å²) in [4.78, 5) is 18.8. The maximum Gasteiger partial charge on any atom is 0.253 e. The van der Waals surface area contributed by atoms with Crippen LogP contribution in [0.15, 0.2) is 42.6 Å². The van der Waals surface area contributed by atoms with Gasteiger partial charge in [-0.1, -0.05) is 19.9 Å². The molecule has 1 saturated carbocycles. The van der Waals surface area contributed by atoms with Gasteiger partial charge in [-0.25, -0.2) is 8.78 Å². The summed E-state index contributed by atoms with van der Waals surface area (Å²) in [5.41, 5.74) is 2.38. The number of nitrogens with zero attached hydrogens (tertiary/aromatic N) is 4. The summed E-state index contributed by atoms with van der Waals surface area (Å²) in [5, 5.41) is 8.79. The molecule has 1 fully saturated rings. The molecule has 2 aromatic heterocycles. The second-order valence-corrected chi connectivity index (χ2v) is 9.48. The smallest absolute Gasteiger partial charge is 0.253 e. The molecule has 0 aliphatic heterocycles. The minimum atomic E-state index is -0.659. The molecule has 2 aliphatic rings. The van der Waals surface area contributed by atoms with Crippen LogP contribution in [0.25, 0.3) is 11.3 Å². The Morgan fingerprint density at radius 3 is 2.50 bits per heavy atom. The van der Waals surface area contributed by atoms with Gasteiger partial charge >= 0.3 is 0 Å². The van der Waals surface area contributed by atoms with E-state index in [2.05, 4.69) is 29.0 Å². The largest absolute Gasteiger partial charge is 0.345 e. The molecule has 0 unspecified atom stereocenters.